The SMILES string of the molecule is COC(=O)C1CC(CO)CC(C)(F)C1. The van der Waals surface area contributed by atoms with Crippen molar-refractivity contribution in [1.82, 2.24) is 0 Å². The molecular formula is C10H17FO3. The maximum absolute atomic E-state index is 13.7. The summed E-state index contributed by atoms with van der Waals surface area (Å²) in [4.78, 5) is 11.2. The number of ether oxygens (including phenoxy) is 1. The summed E-state index contributed by atoms with van der Waals surface area (Å²) in [6, 6.07) is 0. The van der Waals surface area contributed by atoms with Crippen LogP contribution in [0.1, 0.15) is 26.2 Å². The van der Waals surface area contributed by atoms with Gasteiger partial charge in [0, 0.05) is 6.61 Å². The number of aliphatic hydroxyl groups excluding tert-OH is 1. The number of halogens is 1. The molecule has 3 nitrogen and oxygen atoms in total. The summed E-state index contributed by atoms with van der Waals surface area (Å²) >= 11 is 0. The zero-order chi connectivity index (χ0) is 10.8. The topological polar surface area (TPSA) is 46.5 Å². The zero-order valence-corrected chi connectivity index (χ0v) is 8.62. The second-order valence-corrected chi connectivity index (χ2v) is 4.33. The van der Waals surface area contributed by atoms with Gasteiger partial charge >= 0.3 is 5.97 Å². The molecule has 1 aliphatic rings. The van der Waals surface area contributed by atoms with Crippen molar-refractivity contribution in [2.75, 3.05) is 13.7 Å². The Hall–Kier alpha value is -0.640. The molecule has 0 radical (unpaired) electrons. The van der Waals surface area contributed by atoms with E-state index in [0.29, 0.717) is 12.8 Å². The summed E-state index contributed by atoms with van der Waals surface area (Å²) in [5.74, 6) is -0.893. The van der Waals surface area contributed by atoms with Gasteiger partial charge in [0.2, 0.25) is 0 Å². The van der Waals surface area contributed by atoms with Gasteiger partial charge in [0.15, 0.2) is 0 Å². The van der Waals surface area contributed by atoms with E-state index in [2.05, 4.69) is 4.74 Å². The highest BCUT2D eigenvalue weighted by atomic mass is 19.1. The Balaban J connectivity index is 2.65. The summed E-state index contributed by atoms with van der Waals surface area (Å²) in [6.07, 6.45) is 1.07. The van der Waals surface area contributed by atoms with Crippen LogP contribution >= 0.6 is 0 Å². The minimum absolute atomic E-state index is 0.0625. The van der Waals surface area contributed by atoms with E-state index in [9.17, 15) is 9.18 Å². The van der Waals surface area contributed by atoms with Gasteiger partial charge in [-0.25, -0.2) is 4.39 Å². The molecule has 0 aromatic carbocycles. The fraction of sp³-hybridized carbons (Fsp3) is 0.900. The number of alkyl halides is 1. The Morgan fingerprint density at radius 3 is 2.79 bits per heavy atom. The molecule has 0 bridgehead atoms. The summed E-state index contributed by atoms with van der Waals surface area (Å²) in [5.41, 5.74) is -1.36. The van der Waals surface area contributed by atoms with Crippen molar-refractivity contribution in [3.05, 3.63) is 0 Å². The summed E-state index contributed by atoms with van der Waals surface area (Å²) < 4.78 is 18.3. The average molecular weight is 204 g/mol. The first-order valence-corrected chi connectivity index (χ1v) is 4.86. The molecule has 4 heteroatoms. The molecule has 3 atom stereocenters. The summed E-state index contributed by atoms with van der Waals surface area (Å²) in [5, 5.41) is 8.98. The van der Waals surface area contributed by atoms with E-state index in [1.54, 1.807) is 0 Å². The number of hydrogen-bond donors (Lipinski definition) is 1. The molecule has 0 spiro atoms. The van der Waals surface area contributed by atoms with Crippen LogP contribution in [0.3, 0.4) is 0 Å². The van der Waals surface area contributed by atoms with E-state index in [0.717, 1.165) is 0 Å². The van der Waals surface area contributed by atoms with Gasteiger partial charge in [-0.1, -0.05) is 0 Å². The predicted molar refractivity (Wildman–Crippen MR) is 49.4 cm³/mol. The first kappa shape index (κ1) is 11.4. The Morgan fingerprint density at radius 2 is 2.29 bits per heavy atom. The molecule has 82 valence electrons. The molecule has 0 saturated heterocycles. The van der Waals surface area contributed by atoms with Crippen LogP contribution in [0, 0.1) is 11.8 Å². The smallest absolute Gasteiger partial charge is 0.308 e. The lowest BCUT2D eigenvalue weighted by atomic mass is 9.74. The Kier molecular flexibility index (Phi) is 3.48. The van der Waals surface area contributed by atoms with Crippen LogP contribution in [0.4, 0.5) is 4.39 Å². The predicted octanol–water partition coefficient (Wildman–Crippen LogP) is 1.30. The third-order valence-electron chi connectivity index (χ3n) is 2.80. The van der Waals surface area contributed by atoms with Gasteiger partial charge < -0.3 is 9.84 Å². The molecule has 1 N–H and O–H groups in total. The number of methoxy groups -OCH3 is 1. The lowest BCUT2D eigenvalue weighted by molar-refractivity contribution is -0.149. The molecule has 0 aromatic heterocycles. The first-order valence-electron chi connectivity index (χ1n) is 4.86. The van der Waals surface area contributed by atoms with Gasteiger partial charge in [-0.15, -0.1) is 0 Å². The van der Waals surface area contributed by atoms with E-state index in [1.165, 1.54) is 14.0 Å². The summed E-state index contributed by atoms with van der Waals surface area (Å²) in [6.45, 7) is 1.41. The monoisotopic (exact) mass is 204 g/mol. The molecule has 0 aromatic rings. The van der Waals surface area contributed by atoms with Crippen LogP contribution in [0.5, 0.6) is 0 Å². The average Bonchev–Trinajstić information content (AvgIpc) is 2.14. The van der Waals surface area contributed by atoms with Crippen molar-refractivity contribution in [2.45, 2.75) is 31.9 Å². The van der Waals surface area contributed by atoms with Crippen molar-refractivity contribution in [1.29, 1.82) is 0 Å². The van der Waals surface area contributed by atoms with Crippen molar-refractivity contribution in [2.24, 2.45) is 11.8 Å². The van der Waals surface area contributed by atoms with E-state index in [-0.39, 0.29) is 24.9 Å². The van der Waals surface area contributed by atoms with Crippen LogP contribution in [0.15, 0.2) is 0 Å². The molecule has 1 saturated carbocycles. The van der Waals surface area contributed by atoms with Gasteiger partial charge in [-0.05, 0) is 32.1 Å². The molecule has 1 rings (SSSR count). The third-order valence-corrected chi connectivity index (χ3v) is 2.80. The second kappa shape index (κ2) is 4.26. The largest absolute Gasteiger partial charge is 0.469 e. The molecule has 14 heavy (non-hydrogen) atoms. The third kappa shape index (κ3) is 2.67. The van der Waals surface area contributed by atoms with Crippen molar-refractivity contribution in [3.8, 4) is 0 Å². The van der Waals surface area contributed by atoms with Crippen molar-refractivity contribution < 1.29 is 19.0 Å². The van der Waals surface area contributed by atoms with Gasteiger partial charge in [-0.3, -0.25) is 4.79 Å². The fourth-order valence-electron chi connectivity index (χ4n) is 2.25. The Morgan fingerprint density at radius 1 is 1.64 bits per heavy atom. The van der Waals surface area contributed by atoms with Crippen molar-refractivity contribution in [3.63, 3.8) is 0 Å². The molecule has 0 amide bonds. The zero-order valence-electron chi connectivity index (χ0n) is 8.62. The van der Waals surface area contributed by atoms with Gasteiger partial charge in [0.25, 0.3) is 0 Å². The van der Waals surface area contributed by atoms with E-state index in [1.807, 2.05) is 0 Å². The highest BCUT2D eigenvalue weighted by Crippen LogP contribution is 2.38. The molecular weight excluding hydrogens is 187 g/mol. The number of hydrogen-bond acceptors (Lipinski definition) is 3. The van der Waals surface area contributed by atoms with E-state index < -0.39 is 11.6 Å². The number of aliphatic hydroxyl groups is 1. The van der Waals surface area contributed by atoms with Crippen LogP contribution in [-0.2, 0) is 9.53 Å². The number of carbonyl (C=O) groups is 1. The van der Waals surface area contributed by atoms with E-state index in [4.69, 9.17) is 5.11 Å². The van der Waals surface area contributed by atoms with Crippen LogP contribution in [0.2, 0.25) is 0 Å². The quantitative estimate of drug-likeness (QED) is 0.689. The fourth-order valence-corrected chi connectivity index (χ4v) is 2.25. The van der Waals surface area contributed by atoms with Crippen LogP contribution in [-0.4, -0.2) is 30.5 Å². The van der Waals surface area contributed by atoms with Crippen molar-refractivity contribution >= 4 is 5.97 Å². The standard InChI is InChI=1S/C10H17FO3/c1-10(11)4-7(6-12)3-8(5-10)9(13)14-2/h7-8,12H,3-6H2,1-2H3. The second-order valence-electron chi connectivity index (χ2n) is 4.33. The lowest BCUT2D eigenvalue weighted by Crippen LogP contribution is -2.37. The minimum Gasteiger partial charge on any atom is -0.469 e. The van der Waals surface area contributed by atoms with Gasteiger partial charge in [0.05, 0.1) is 13.0 Å². The van der Waals surface area contributed by atoms with E-state index >= 15 is 0 Å². The Bertz CT molecular complexity index is 215. The molecule has 3 unspecified atom stereocenters. The van der Waals surface area contributed by atoms with Gasteiger partial charge in [-0.2, -0.15) is 0 Å². The summed E-state index contributed by atoms with van der Waals surface area (Å²) in [7, 11) is 1.31. The maximum atomic E-state index is 13.7. The van der Waals surface area contributed by atoms with Crippen LogP contribution < -0.4 is 0 Å². The highest BCUT2D eigenvalue weighted by molar-refractivity contribution is 5.72. The lowest BCUT2D eigenvalue weighted by Gasteiger charge is -2.35. The normalized spacial score (nSPS) is 38.0. The Labute approximate surface area is 83.3 Å². The maximum Gasteiger partial charge on any atom is 0.308 e. The number of carbonyl (C=O) groups excluding carboxylic acids is 1. The first-order chi connectivity index (χ1) is 6.48. The molecule has 0 aliphatic heterocycles. The number of esters is 1. The number of rotatable bonds is 2. The highest BCUT2D eigenvalue weighted by Gasteiger charge is 2.40. The van der Waals surface area contributed by atoms with Crippen LogP contribution in [0.25, 0.3) is 0 Å². The molecule has 1 fully saturated rings. The van der Waals surface area contributed by atoms with Gasteiger partial charge in [0.1, 0.15) is 5.67 Å². The minimum atomic E-state index is -1.36. The molecule has 0 heterocycles. The molecule has 1 aliphatic carbocycles.